The predicted molar refractivity (Wildman–Crippen MR) is 112 cm³/mol. The fourth-order valence-electron chi connectivity index (χ4n) is 2.80. The van der Waals surface area contributed by atoms with Crippen molar-refractivity contribution in [3.05, 3.63) is 90.5 Å². The van der Waals surface area contributed by atoms with E-state index in [1.807, 2.05) is 30.3 Å². The maximum atomic E-state index is 12.9. The highest BCUT2D eigenvalue weighted by atomic mass is 32.2. The molecule has 0 aromatic heterocycles. The summed E-state index contributed by atoms with van der Waals surface area (Å²) in [7, 11) is -2.30. The van der Waals surface area contributed by atoms with Crippen molar-refractivity contribution in [2.24, 2.45) is 0 Å². The smallest absolute Gasteiger partial charge is 0.242 e. The number of amides is 1. The first kappa shape index (κ1) is 20.6. The van der Waals surface area contributed by atoms with E-state index in [1.54, 1.807) is 49.6 Å². The lowest BCUT2D eigenvalue weighted by molar-refractivity contribution is -0.117. The third-order valence-electron chi connectivity index (χ3n) is 4.31. The van der Waals surface area contributed by atoms with Crippen molar-refractivity contribution in [2.75, 3.05) is 12.4 Å². The second-order valence-corrected chi connectivity index (χ2v) is 8.11. The molecule has 0 unspecified atom stereocenters. The third kappa shape index (κ3) is 5.66. The van der Waals surface area contributed by atoms with Gasteiger partial charge in [0.15, 0.2) is 0 Å². The second-order valence-electron chi connectivity index (χ2n) is 6.39. The maximum absolute atomic E-state index is 12.9. The van der Waals surface area contributed by atoms with Crippen molar-refractivity contribution in [2.45, 2.75) is 17.4 Å². The van der Waals surface area contributed by atoms with Gasteiger partial charge in [-0.2, -0.15) is 4.72 Å². The van der Waals surface area contributed by atoms with Crippen LogP contribution >= 0.6 is 0 Å². The fraction of sp³-hybridized carbons (Fsp3) is 0.136. The molecule has 1 amide bonds. The molecule has 0 aliphatic heterocycles. The number of carbonyl (C=O) groups is 1. The average molecular weight is 410 g/mol. The Bertz CT molecular complexity index is 1040. The molecule has 3 aromatic rings. The van der Waals surface area contributed by atoms with Crippen molar-refractivity contribution < 1.29 is 17.9 Å². The molecule has 150 valence electrons. The molecule has 6 nitrogen and oxygen atoms in total. The highest BCUT2D eigenvalue weighted by Gasteiger charge is 2.26. The number of nitrogens with one attached hydrogen (secondary N) is 2. The van der Waals surface area contributed by atoms with Crippen LogP contribution in [0.1, 0.15) is 5.56 Å². The van der Waals surface area contributed by atoms with E-state index in [0.29, 0.717) is 11.4 Å². The van der Waals surface area contributed by atoms with Crippen molar-refractivity contribution in [3.63, 3.8) is 0 Å². The number of anilines is 1. The van der Waals surface area contributed by atoms with Crippen molar-refractivity contribution >= 4 is 21.6 Å². The van der Waals surface area contributed by atoms with Gasteiger partial charge in [0.1, 0.15) is 11.8 Å². The van der Waals surface area contributed by atoms with E-state index in [2.05, 4.69) is 10.0 Å². The number of methoxy groups -OCH3 is 1. The van der Waals surface area contributed by atoms with Crippen LogP contribution < -0.4 is 14.8 Å². The number of rotatable bonds is 8. The molecule has 0 radical (unpaired) electrons. The van der Waals surface area contributed by atoms with Crippen LogP contribution in [0.5, 0.6) is 5.75 Å². The number of sulfonamides is 1. The quantitative estimate of drug-likeness (QED) is 0.597. The van der Waals surface area contributed by atoms with Crippen LogP contribution in [-0.4, -0.2) is 27.5 Å². The van der Waals surface area contributed by atoms with Crippen LogP contribution in [0.4, 0.5) is 5.69 Å². The average Bonchev–Trinajstić information content (AvgIpc) is 2.75. The van der Waals surface area contributed by atoms with Gasteiger partial charge in [0, 0.05) is 5.69 Å². The summed E-state index contributed by atoms with van der Waals surface area (Å²) in [4.78, 5) is 13.0. The molecule has 0 saturated heterocycles. The Hall–Kier alpha value is -3.16. The first-order valence-corrected chi connectivity index (χ1v) is 10.5. The zero-order valence-electron chi connectivity index (χ0n) is 15.9. The van der Waals surface area contributed by atoms with Gasteiger partial charge in [-0.1, -0.05) is 48.5 Å². The minimum Gasteiger partial charge on any atom is -0.497 e. The van der Waals surface area contributed by atoms with E-state index in [4.69, 9.17) is 4.74 Å². The summed E-state index contributed by atoms with van der Waals surface area (Å²) in [6.07, 6.45) is 0.217. The summed E-state index contributed by atoms with van der Waals surface area (Å²) >= 11 is 0. The van der Waals surface area contributed by atoms with Gasteiger partial charge in [-0.15, -0.1) is 0 Å². The molecular formula is C22H22N2O4S. The Labute approximate surface area is 170 Å². The van der Waals surface area contributed by atoms with Gasteiger partial charge in [-0.3, -0.25) is 4.79 Å². The highest BCUT2D eigenvalue weighted by molar-refractivity contribution is 7.89. The van der Waals surface area contributed by atoms with Crippen LogP contribution in [0.2, 0.25) is 0 Å². The van der Waals surface area contributed by atoms with E-state index in [-0.39, 0.29) is 11.3 Å². The zero-order valence-corrected chi connectivity index (χ0v) is 16.7. The summed E-state index contributed by atoms with van der Waals surface area (Å²) in [5.74, 6) is 0.215. The molecule has 0 bridgehead atoms. The Morgan fingerprint density at radius 3 is 2.07 bits per heavy atom. The highest BCUT2D eigenvalue weighted by Crippen LogP contribution is 2.16. The molecular weight excluding hydrogens is 388 g/mol. The lowest BCUT2D eigenvalue weighted by Gasteiger charge is -2.19. The number of hydrogen-bond acceptors (Lipinski definition) is 4. The molecule has 0 heterocycles. The largest absolute Gasteiger partial charge is 0.497 e. The summed E-state index contributed by atoms with van der Waals surface area (Å²) < 4.78 is 33.2. The number of benzene rings is 3. The van der Waals surface area contributed by atoms with Gasteiger partial charge in [0.25, 0.3) is 0 Å². The van der Waals surface area contributed by atoms with Gasteiger partial charge < -0.3 is 10.1 Å². The van der Waals surface area contributed by atoms with Gasteiger partial charge in [0.05, 0.1) is 12.0 Å². The van der Waals surface area contributed by atoms with Crippen LogP contribution in [0.3, 0.4) is 0 Å². The Morgan fingerprint density at radius 2 is 1.48 bits per heavy atom. The van der Waals surface area contributed by atoms with Gasteiger partial charge in [0.2, 0.25) is 15.9 Å². The molecule has 7 heteroatoms. The topological polar surface area (TPSA) is 84.5 Å². The monoisotopic (exact) mass is 410 g/mol. The Kier molecular flexibility index (Phi) is 6.64. The first-order chi connectivity index (χ1) is 14.0. The molecule has 3 rings (SSSR count). The molecule has 29 heavy (non-hydrogen) atoms. The van der Waals surface area contributed by atoms with Gasteiger partial charge in [-0.05, 0) is 48.4 Å². The van der Waals surface area contributed by atoms with Crippen molar-refractivity contribution in [3.8, 4) is 5.75 Å². The Morgan fingerprint density at radius 1 is 0.897 bits per heavy atom. The standard InChI is InChI=1S/C22H22N2O4S/c1-28-19-14-12-18(13-15-19)23-22(25)21(16-17-8-4-2-5-9-17)24-29(26,27)20-10-6-3-7-11-20/h2-15,21,24H,16H2,1H3,(H,23,25)/t21-/m0/s1. The van der Waals surface area contributed by atoms with E-state index in [0.717, 1.165) is 5.56 Å². The van der Waals surface area contributed by atoms with Crippen LogP contribution in [0.15, 0.2) is 89.8 Å². The molecule has 0 aliphatic carbocycles. The minimum atomic E-state index is -3.86. The molecule has 0 aliphatic rings. The van der Waals surface area contributed by atoms with Gasteiger partial charge in [-0.25, -0.2) is 8.42 Å². The fourth-order valence-corrected chi connectivity index (χ4v) is 4.01. The van der Waals surface area contributed by atoms with Crippen LogP contribution in [0, 0.1) is 0 Å². The molecule has 1 atom stereocenters. The number of carbonyl (C=O) groups excluding carboxylic acids is 1. The first-order valence-electron chi connectivity index (χ1n) is 9.04. The SMILES string of the molecule is COc1ccc(NC(=O)[C@H](Cc2ccccc2)NS(=O)(=O)c2ccccc2)cc1. The molecule has 0 spiro atoms. The lowest BCUT2D eigenvalue weighted by Crippen LogP contribution is -2.45. The summed E-state index contributed by atoms with van der Waals surface area (Å²) in [6, 6.07) is 23.1. The van der Waals surface area contributed by atoms with E-state index in [1.165, 1.54) is 12.1 Å². The normalized spacial score (nSPS) is 12.2. The van der Waals surface area contributed by atoms with Crippen LogP contribution in [0.25, 0.3) is 0 Å². The number of hydrogen-bond donors (Lipinski definition) is 2. The lowest BCUT2D eigenvalue weighted by atomic mass is 10.1. The summed E-state index contributed by atoms with van der Waals surface area (Å²) in [5, 5.41) is 2.77. The summed E-state index contributed by atoms with van der Waals surface area (Å²) in [5.41, 5.74) is 1.39. The number of ether oxygens (including phenoxy) is 1. The zero-order chi connectivity index (χ0) is 20.7. The summed E-state index contributed by atoms with van der Waals surface area (Å²) in [6.45, 7) is 0. The minimum absolute atomic E-state index is 0.107. The van der Waals surface area contributed by atoms with E-state index in [9.17, 15) is 13.2 Å². The molecule has 0 fully saturated rings. The molecule has 3 aromatic carbocycles. The maximum Gasteiger partial charge on any atom is 0.242 e. The van der Waals surface area contributed by atoms with Crippen LogP contribution in [-0.2, 0) is 21.2 Å². The molecule has 2 N–H and O–H groups in total. The van der Waals surface area contributed by atoms with Gasteiger partial charge >= 0.3 is 0 Å². The molecule has 0 saturated carbocycles. The van der Waals surface area contributed by atoms with E-state index < -0.39 is 22.0 Å². The predicted octanol–water partition coefficient (Wildman–Crippen LogP) is 3.22. The van der Waals surface area contributed by atoms with Crippen molar-refractivity contribution in [1.29, 1.82) is 0 Å². The second kappa shape index (κ2) is 9.36. The third-order valence-corrected chi connectivity index (χ3v) is 5.80. The van der Waals surface area contributed by atoms with Crippen molar-refractivity contribution in [1.82, 2.24) is 4.72 Å². The van der Waals surface area contributed by atoms with E-state index >= 15 is 0 Å². The Balaban J connectivity index is 1.82.